The molecule has 0 saturated heterocycles. The Hall–Kier alpha value is -2.33. The van der Waals surface area contributed by atoms with E-state index in [-0.39, 0.29) is 18.2 Å². The van der Waals surface area contributed by atoms with E-state index in [2.05, 4.69) is 10.6 Å². The molecule has 0 aromatic heterocycles. The Bertz CT molecular complexity index is 560. The molecule has 0 bridgehead atoms. The van der Waals surface area contributed by atoms with Crippen LogP contribution < -0.4 is 10.6 Å². The zero-order valence-electron chi connectivity index (χ0n) is 14.4. The fourth-order valence-electron chi connectivity index (χ4n) is 2.43. The number of urea groups is 1. The fourth-order valence-corrected chi connectivity index (χ4v) is 2.43. The number of hydrogen-bond acceptors (Lipinski definition) is 2. The molecule has 0 fully saturated rings. The number of ether oxygens (including phenoxy) is 1. The number of carbonyl (C=O) groups excluding carboxylic acids is 1. The zero-order chi connectivity index (χ0) is 17.2. The Morgan fingerprint density at radius 3 is 2.00 bits per heavy atom. The second-order valence-corrected chi connectivity index (χ2v) is 5.93. The molecule has 0 saturated carbocycles. The van der Waals surface area contributed by atoms with Gasteiger partial charge in [-0.2, -0.15) is 0 Å². The van der Waals surface area contributed by atoms with E-state index < -0.39 is 0 Å². The molecule has 2 amide bonds. The third-order valence-corrected chi connectivity index (χ3v) is 3.60. The molecule has 2 rings (SSSR count). The first-order valence-corrected chi connectivity index (χ1v) is 8.42. The molecule has 0 spiro atoms. The predicted molar refractivity (Wildman–Crippen MR) is 97.0 cm³/mol. The van der Waals surface area contributed by atoms with Gasteiger partial charge in [-0.05, 0) is 31.4 Å². The van der Waals surface area contributed by atoms with Crippen molar-refractivity contribution in [1.82, 2.24) is 10.6 Å². The summed E-state index contributed by atoms with van der Waals surface area (Å²) in [6, 6.07) is 19.6. The average Bonchev–Trinajstić information content (AvgIpc) is 2.60. The first-order chi connectivity index (χ1) is 11.7. The summed E-state index contributed by atoms with van der Waals surface area (Å²) in [7, 11) is 0. The maximum Gasteiger partial charge on any atom is 0.315 e. The second kappa shape index (κ2) is 9.73. The normalized spacial score (nSPS) is 10.8. The quantitative estimate of drug-likeness (QED) is 0.723. The van der Waals surface area contributed by atoms with Crippen molar-refractivity contribution in [2.45, 2.75) is 32.4 Å². The van der Waals surface area contributed by atoms with E-state index in [9.17, 15) is 4.79 Å². The van der Waals surface area contributed by atoms with Crippen molar-refractivity contribution in [2.24, 2.45) is 0 Å². The van der Waals surface area contributed by atoms with Gasteiger partial charge >= 0.3 is 6.03 Å². The molecule has 0 unspecified atom stereocenters. The highest BCUT2D eigenvalue weighted by molar-refractivity contribution is 5.75. The summed E-state index contributed by atoms with van der Waals surface area (Å²) in [5.41, 5.74) is 2.11. The molecule has 128 valence electrons. The Morgan fingerprint density at radius 2 is 1.50 bits per heavy atom. The largest absolute Gasteiger partial charge is 0.379 e. The van der Waals surface area contributed by atoms with Crippen molar-refractivity contribution in [2.75, 3.05) is 13.2 Å². The van der Waals surface area contributed by atoms with E-state index in [0.29, 0.717) is 13.2 Å². The van der Waals surface area contributed by atoms with Gasteiger partial charge in [-0.3, -0.25) is 0 Å². The summed E-state index contributed by atoms with van der Waals surface area (Å²) < 4.78 is 5.47. The third-order valence-electron chi connectivity index (χ3n) is 3.60. The van der Waals surface area contributed by atoms with Crippen LogP contribution in [0.3, 0.4) is 0 Å². The van der Waals surface area contributed by atoms with Crippen LogP contribution in [0.4, 0.5) is 4.79 Å². The van der Waals surface area contributed by atoms with E-state index in [0.717, 1.165) is 17.5 Å². The van der Waals surface area contributed by atoms with Crippen LogP contribution in [0.5, 0.6) is 0 Å². The highest BCUT2D eigenvalue weighted by Crippen LogP contribution is 2.21. The van der Waals surface area contributed by atoms with Crippen LogP contribution >= 0.6 is 0 Å². The zero-order valence-corrected chi connectivity index (χ0v) is 14.4. The van der Waals surface area contributed by atoms with Gasteiger partial charge < -0.3 is 15.4 Å². The molecule has 2 aromatic carbocycles. The van der Waals surface area contributed by atoms with Gasteiger partial charge in [0.15, 0.2) is 0 Å². The van der Waals surface area contributed by atoms with Gasteiger partial charge in [0.2, 0.25) is 0 Å². The van der Waals surface area contributed by atoms with Gasteiger partial charge in [0.1, 0.15) is 0 Å². The van der Waals surface area contributed by atoms with E-state index >= 15 is 0 Å². The SMILES string of the molecule is CC(C)OCCCNC(=O)NC(c1ccccc1)c1ccccc1. The minimum Gasteiger partial charge on any atom is -0.379 e. The van der Waals surface area contributed by atoms with Crippen molar-refractivity contribution in [1.29, 1.82) is 0 Å². The predicted octanol–water partition coefficient (Wildman–Crippen LogP) is 3.89. The molecule has 4 heteroatoms. The highest BCUT2D eigenvalue weighted by atomic mass is 16.5. The molecule has 24 heavy (non-hydrogen) atoms. The van der Waals surface area contributed by atoms with E-state index in [1.165, 1.54) is 0 Å². The summed E-state index contributed by atoms with van der Waals surface area (Å²) in [6.45, 7) is 5.25. The Labute approximate surface area is 144 Å². The molecular formula is C20H26N2O2. The summed E-state index contributed by atoms with van der Waals surface area (Å²) in [6.07, 6.45) is 1.02. The van der Waals surface area contributed by atoms with Gasteiger partial charge in [-0.25, -0.2) is 4.79 Å². The molecule has 4 nitrogen and oxygen atoms in total. The number of carbonyl (C=O) groups is 1. The van der Waals surface area contributed by atoms with Crippen LogP contribution in [0.25, 0.3) is 0 Å². The molecule has 0 aliphatic heterocycles. The summed E-state index contributed by atoms with van der Waals surface area (Å²) >= 11 is 0. The second-order valence-electron chi connectivity index (χ2n) is 5.93. The third kappa shape index (κ3) is 6.05. The fraction of sp³-hybridized carbons (Fsp3) is 0.350. The number of benzene rings is 2. The lowest BCUT2D eigenvalue weighted by atomic mass is 9.99. The molecule has 0 heterocycles. The lowest BCUT2D eigenvalue weighted by Gasteiger charge is -2.20. The molecule has 0 atom stereocenters. The van der Waals surface area contributed by atoms with E-state index in [4.69, 9.17) is 4.74 Å². The molecule has 2 N–H and O–H groups in total. The molecule has 0 aliphatic rings. The lowest BCUT2D eigenvalue weighted by Crippen LogP contribution is -2.39. The molecule has 0 aliphatic carbocycles. The number of rotatable bonds is 8. The van der Waals surface area contributed by atoms with Crippen molar-refractivity contribution >= 4 is 6.03 Å². The van der Waals surface area contributed by atoms with Crippen LogP contribution in [-0.4, -0.2) is 25.3 Å². The first-order valence-electron chi connectivity index (χ1n) is 8.42. The minimum absolute atomic E-state index is 0.167. The summed E-state index contributed by atoms with van der Waals surface area (Å²) in [4.78, 5) is 12.2. The monoisotopic (exact) mass is 326 g/mol. The van der Waals surface area contributed by atoms with E-state index in [1.807, 2.05) is 74.5 Å². The standard InChI is InChI=1S/C20H26N2O2/c1-16(2)24-15-9-14-21-20(23)22-19(17-10-5-3-6-11-17)18-12-7-4-8-13-18/h3-8,10-13,16,19H,9,14-15H2,1-2H3,(H2,21,22,23). The molecule has 0 radical (unpaired) electrons. The van der Waals surface area contributed by atoms with Crippen LogP contribution in [0.2, 0.25) is 0 Å². The van der Waals surface area contributed by atoms with Crippen LogP contribution in [0, 0.1) is 0 Å². The van der Waals surface area contributed by atoms with Gasteiger partial charge in [0.25, 0.3) is 0 Å². The van der Waals surface area contributed by atoms with Gasteiger partial charge in [-0.1, -0.05) is 60.7 Å². The van der Waals surface area contributed by atoms with Gasteiger partial charge in [0.05, 0.1) is 12.1 Å². The smallest absolute Gasteiger partial charge is 0.315 e. The van der Waals surface area contributed by atoms with Crippen LogP contribution in [-0.2, 0) is 4.74 Å². The van der Waals surface area contributed by atoms with Crippen molar-refractivity contribution in [3.8, 4) is 0 Å². The van der Waals surface area contributed by atoms with Crippen LogP contribution in [0.15, 0.2) is 60.7 Å². The minimum atomic E-state index is -0.169. The number of hydrogen-bond donors (Lipinski definition) is 2. The average molecular weight is 326 g/mol. The Morgan fingerprint density at radius 1 is 0.958 bits per heavy atom. The first kappa shape index (κ1) is 18.0. The maximum absolute atomic E-state index is 12.2. The van der Waals surface area contributed by atoms with Crippen molar-refractivity contribution in [3.63, 3.8) is 0 Å². The summed E-state index contributed by atoms with van der Waals surface area (Å²) in [5, 5.41) is 5.95. The number of nitrogens with one attached hydrogen (secondary N) is 2. The lowest BCUT2D eigenvalue weighted by molar-refractivity contribution is 0.0774. The van der Waals surface area contributed by atoms with Crippen LogP contribution in [0.1, 0.15) is 37.4 Å². The summed E-state index contributed by atoms with van der Waals surface area (Å²) in [5.74, 6) is 0. The molecule has 2 aromatic rings. The van der Waals surface area contributed by atoms with Crippen molar-refractivity contribution in [3.05, 3.63) is 71.8 Å². The molecular weight excluding hydrogens is 300 g/mol. The van der Waals surface area contributed by atoms with Crippen molar-refractivity contribution < 1.29 is 9.53 Å². The Kier molecular flexibility index (Phi) is 7.30. The maximum atomic E-state index is 12.2. The van der Waals surface area contributed by atoms with Gasteiger partial charge in [0, 0.05) is 13.2 Å². The topological polar surface area (TPSA) is 50.4 Å². The number of amides is 2. The Balaban J connectivity index is 1.93. The van der Waals surface area contributed by atoms with E-state index in [1.54, 1.807) is 0 Å². The highest BCUT2D eigenvalue weighted by Gasteiger charge is 2.16. The van der Waals surface area contributed by atoms with Gasteiger partial charge in [-0.15, -0.1) is 0 Å².